The smallest absolute Gasteiger partial charge is 0.158 e. The van der Waals surface area contributed by atoms with E-state index in [4.69, 9.17) is 0 Å². The maximum Gasteiger partial charge on any atom is 0.158 e. The first kappa shape index (κ1) is 24.5. The molecule has 0 aliphatic carbocycles. The van der Waals surface area contributed by atoms with Gasteiger partial charge in [0.05, 0.1) is 4.90 Å². The molecule has 26 heavy (non-hydrogen) atoms. The molecular weight excluding hydrogens is 408 g/mol. The van der Waals surface area contributed by atoms with E-state index in [-0.39, 0.29) is 0 Å². The number of benzene rings is 1. The lowest BCUT2D eigenvalue weighted by atomic mass is 10.2. The van der Waals surface area contributed by atoms with E-state index in [0.29, 0.717) is 0 Å². The molecule has 1 atom stereocenters. The Morgan fingerprint density at radius 1 is 0.962 bits per heavy atom. The Morgan fingerprint density at radius 2 is 1.50 bits per heavy atom. The second kappa shape index (κ2) is 12.8. The molecule has 1 unspecified atom stereocenters. The van der Waals surface area contributed by atoms with E-state index < -0.39 is 11.0 Å². The minimum atomic E-state index is -1.28. The molecule has 1 aromatic carbocycles. The molecule has 0 spiro atoms. The van der Waals surface area contributed by atoms with Crippen molar-refractivity contribution in [2.24, 2.45) is 0 Å². The van der Waals surface area contributed by atoms with Gasteiger partial charge in [-0.25, -0.2) is 13.2 Å². The van der Waals surface area contributed by atoms with Crippen LogP contribution in [0.15, 0.2) is 52.1 Å². The number of fused-ring (bicyclic) bond motifs is 1. The SMILES string of the molecule is CC.CC.CC.Cc1ccc(S(=O)n2cc(C)c3cc(Br)cnc32)cc1. The molecule has 0 radical (unpaired) electrons. The Morgan fingerprint density at radius 3 is 2.04 bits per heavy atom. The van der Waals surface area contributed by atoms with Crippen molar-refractivity contribution < 1.29 is 4.21 Å². The molecule has 3 nitrogen and oxygen atoms in total. The van der Waals surface area contributed by atoms with Gasteiger partial charge in [-0.3, -0.25) is 0 Å². The fourth-order valence-electron chi connectivity index (χ4n) is 2.10. The van der Waals surface area contributed by atoms with Gasteiger partial charge in [0.25, 0.3) is 0 Å². The summed E-state index contributed by atoms with van der Waals surface area (Å²) in [4.78, 5) is 5.16. The first-order chi connectivity index (χ1) is 12.6. The molecule has 0 saturated carbocycles. The van der Waals surface area contributed by atoms with Crippen LogP contribution in [0.4, 0.5) is 0 Å². The van der Waals surface area contributed by atoms with E-state index in [2.05, 4.69) is 20.9 Å². The summed E-state index contributed by atoms with van der Waals surface area (Å²) >= 11 is 3.42. The fraction of sp³-hybridized carbons (Fsp3) is 0.381. The summed E-state index contributed by atoms with van der Waals surface area (Å²) < 4.78 is 15.3. The lowest BCUT2D eigenvalue weighted by molar-refractivity contribution is 0.678. The summed E-state index contributed by atoms with van der Waals surface area (Å²) in [5.41, 5.74) is 2.96. The van der Waals surface area contributed by atoms with Crippen molar-refractivity contribution >= 4 is 37.9 Å². The maximum atomic E-state index is 12.7. The van der Waals surface area contributed by atoms with E-state index in [1.54, 1.807) is 10.2 Å². The summed E-state index contributed by atoms with van der Waals surface area (Å²) in [6.45, 7) is 16.0. The van der Waals surface area contributed by atoms with Crippen LogP contribution in [0.1, 0.15) is 52.7 Å². The van der Waals surface area contributed by atoms with Gasteiger partial charge < -0.3 is 0 Å². The highest BCUT2D eigenvalue weighted by molar-refractivity contribution is 9.10. The number of aryl methyl sites for hydroxylation is 2. The molecule has 0 bridgehead atoms. The highest BCUT2D eigenvalue weighted by Crippen LogP contribution is 2.24. The number of rotatable bonds is 2. The van der Waals surface area contributed by atoms with Crippen molar-refractivity contribution in [2.75, 3.05) is 0 Å². The lowest BCUT2D eigenvalue weighted by Crippen LogP contribution is -2.04. The molecule has 3 aromatic rings. The van der Waals surface area contributed by atoms with Gasteiger partial charge in [0.1, 0.15) is 0 Å². The van der Waals surface area contributed by atoms with Gasteiger partial charge in [0, 0.05) is 22.3 Å². The number of hydrogen-bond acceptors (Lipinski definition) is 2. The molecule has 0 aliphatic rings. The van der Waals surface area contributed by atoms with Crippen LogP contribution in [0, 0.1) is 13.8 Å². The largest absolute Gasteiger partial charge is 0.246 e. The van der Waals surface area contributed by atoms with Crippen LogP contribution in [-0.4, -0.2) is 13.2 Å². The number of nitrogens with zero attached hydrogens (tertiary/aromatic N) is 2. The van der Waals surface area contributed by atoms with Gasteiger partial charge in [-0.05, 0) is 53.5 Å². The molecule has 0 saturated heterocycles. The quantitative estimate of drug-likeness (QED) is 0.428. The van der Waals surface area contributed by atoms with Crippen LogP contribution in [0.2, 0.25) is 0 Å². The van der Waals surface area contributed by atoms with Crippen LogP contribution in [0.3, 0.4) is 0 Å². The zero-order chi connectivity index (χ0) is 20.3. The average molecular weight is 439 g/mol. The zero-order valence-corrected chi connectivity index (χ0v) is 19.5. The van der Waals surface area contributed by atoms with Crippen molar-refractivity contribution in [3.05, 3.63) is 58.3 Å². The van der Waals surface area contributed by atoms with Crippen molar-refractivity contribution in [3.63, 3.8) is 0 Å². The first-order valence-electron chi connectivity index (χ1n) is 9.18. The van der Waals surface area contributed by atoms with E-state index in [1.165, 1.54) is 0 Å². The average Bonchev–Trinajstić information content (AvgIpc) is 3.02. The van der Waals surface area contributed by atoms with Gasteiger partial charge in [0.2, 0.25) is 0 Å². The Bertz CT molecular complexity index is 811. The molecular formula is C21H31BrN2OS. The molecule has 0 fully saturated rings. The van der Waals surface area contributed by atoms with Gasteiger partial charge in [0.15, 0.2) is 16.6 Å². The number of hydrogen-bond donors (Lipinski definition) is 0. The summed E-state index contributed by atoms with van der Waals surface area (Å²) in [7, 11) is -1.28. The third-order valence-corrected chi connectivity index (χ3v) is 4.92. The Hall–Kier alpha value is -1.46. The van der Waals surface area contributed by atoms with Crippen LogP contribution < -0.4 is 0 Å². The van der Waals surface area contributed by atoms with Crippen LogP contribution in [-0.2, 0) is 11.0 Å². The molecule has 0 aliphatic heterocycles. The van der Waals surface area contributed by atoms with Crippen molar-refractivity contribution in [3.8, 4) is 0 Å². The second-order valence-corrected chi connectivity index (χ2v) is 7.00. The minimum absolute atomic E-state index is 0.740. The van der Waals surface area contributed by atoms with Crippen molar-refractivity contribution in [1.82, 2.24) is 8.96 Å². The second-order valence-electron chi connectivity index (χ2n) is 4.72. The third kappa shape index (κ3) is 6.06. The standard InChI is InChI=1S/C15H13BrN2OS.3C2H6/c1-10-3-5-13(6-4-10)20(19)18-9-11(2)14-7-12(16)8-17-15(14)18;3*1-2/h3-9H,1-2H3;3*1-2H3. The molecule has 3 rings (SSSR count). The predicted octanol–water partition coefficient (Wildman–Crippen LogP) is 7.07. The van der Waals surface area contributed by atoms with Crippen molar-refractivity contribution in [1.29, 1.82) is 0 Å². The monoisotopic (exact) mass is 438 g/mol. The predicted molar refractivity (Wildman–Crippen MR) is 119 cm³/mol. The molecule has 144 valence electrons. The number of halogens is 1. The summed E-state index contributed by atoms with van der Waals surface area (Å²) in [6, 6.07) is 9.73. The van der Waals surface area contributed by atoms with Gasteiger partial charge in [-0.1, -0.05) is 59.2 Å². The normalized spacial score (nSPS) is 10.5. The highest BCUT2D eigenvalue weighted by Gasteiger charge is 2.13. The van der Waals surface area contributed by atoms with Crippen LogP contribution in [0.5, 0.6) is 0 Å². The maximum absolute atomic E-state index is 12.7. The van der Waals surface area contributed by atoms with Crippen LogP contribution in [0.25, 0.3) is 11.0 Å². The van der Waals surface area contributed by atoms with E-state index in [9.17, 15) is 4.21 Å². The highest BCUT2D eigenvalue weighted by atomic mass is 79.9. The number of pyridine rings is 1. The number of aromatic nitrogens is 2. The summed E-state index contributed by atoms with van der Waals surface area (Å²) in [5.74, 6) is 0. The van der Waals surface area contributed by atoms with Gasteiger partial charge in [-0.2, -0.15) is 0 Å². The van der Waals surface area contributed by atoms with Gasteiger partial charge in [-0.15, -0.1) is 0 Å². The third-order valence-electron chi connectivity index (χ3n) is 3.18. The Balaban J connectivity index is 0.000000948. The summed E-state index contributed by atoms with van der Waals surface area (Å²) in [6.07, 6.45) is 3.62. The van der Waals surface area contributed by atoms with E-state index in [1.807, 2.05) is 91.9 Å². The molecule has 2 heterocycles. The molecule has 2 aromatic heterocycles. The molecule has 0 N–H and O–H groups in total. The zero-order valence-electron chi connectivity index (χ0n) is 17.1. The molecule has 5 heteroatoms. The van der Waals surface area contributed by atoms with Crippen LogP contribution >= 0.6 is 15.9 Å². The topological polar surface area (TPSA) is 34.9 Å². The molecule has 0 amide bonds. The van der Waals surface area contributed by atoms with Crippen molar-refractivity contribution in [2.45, 2.75) is 60.3 Å². The fourth-order valence-corrected chi connectivity index (χ4v) is 3.58. The summed E-state index contributed by atoms with van der Waals surface area (Å²) in [5, 5.41) is 1.01. The van der Waals surface area contributed by atoms with E-state index >= 15 is 0 Å². The minimum Gasteiger partial charge on any atom is -0.246 e. The first-order valence-corrected chi connectivity index (χ1v) is 11.1. The lowest BCUT2D eigenvalue weighted by Gasteiger charge is -2.05. The van der Waals surface area contributed by atoms with Gasteiger partial charge >= 0.3 is 0 Å². The van der Waals surface area contributed by atoms with E-state index in [0.717, 1.165) is 31.5 Å². The Kier molecular flexibility index (Phi) is 12.1. The Labute approximate surface area is 169 Å².